The van der Waals surface area contributed by atoms with Crippen LogP contribution in [-0.2, 0) is 6.61 Å². The first-order valence-electron chi connectivity index (χ1n) is 8.69. The minimum atomic E-state index is -0.317. The summed E-state index contributed by atoms with van der Waals surface area (Å²) < 4.78 is 19.2. The van der Waals surface area contributed by atoms with E-state index in [1.807, 2.05) is 25.3 Å². The molecule has 0 unspecified atom stereocenters. The van der Waals surface area contributed by atoms with Crippen LogP contribution in [0.5, 0.6) is 5.75 Å². The topological polar surface area (TPSA) is 38.3 Å². The molecule has 0 aliphatic carbocycles. The highest BCUT2D eigenvalue weighted by molar-refractivity contribution is 7.12. The van der Waals surface area contributed by atoms with Gasteiger partial charge in [0, 0.05) is 11.3 Å². The molecule has 0 bridgehead atoms. The third-order valence-electron chi connectivity index (χ3n) is 4.30. The Kier molecular flexibility index (Phi) is 5.61. The smallest absolute Gasteiger partial charge is 0.265 e. The normalized spacial score (nSPS) is 10.7. The van der Waals surface area contributed by atoms with Crippen LogP contribution in [0.15, 0.2) is 41.8 Å². The van der Waals surface area contributed by atoms with E-state index >= 15 is 0 Å². The second kappa shape index (κ2) is 7.92. The zero-order chi connectivity index (χ0) is 19.6. The zero-order valence-electron chi connectivity index (χ0n) is 15.9. The van der Waals surface area contributed by atoms with Gasteiger partial charge in [0.1, 0.15) is 18.2 Å². The second-order valence-corrected chi connectivity index (χ2v) is 7.66. The summed E-state index contributed by atoms with van der Waals surface area (Å²) in [5.41, 5.74) is 5.66. The number of carbonyl (C=O) groups is 1. The van der Waals surface area contributed by atoms with E-state index in [0.717, 1.165) is 22.4 Å². The molecular weight excluding hydrogens is 361 g/mol. The Morgan fingerprint density at radius 3 is 2.41 bits per heavy atom. The molecule has 3 aromatic rings. The lowest BCUT2D eigenvalue weighted by molar-refractivity contribution is 0.103. The number of benzene rings is 2. The van der Waals surface area contributed by atoms with Gasteiger partial charge in [0.15, 0.2) is 0 Å². The van der Waals surface area contributed by atoms with Crippen LogP contribution in [0.25, 0.3) is 0 Å². The van der Waals surface area contributed by atoms with Gasteiger partial charge in [-0.25, -0.2) is 4.39 Å². The maximum Gasteiger partial charge on any atom is 0.265 e. The minimum Gasteiger partial charge on any atom is -0.488 e. The van der Waals surface area contributed by atoms with E-state index in [1.165, 1.54) is 29.0 Å². The lowest BCUT2D eigenvalue weighted by atomic mass is 10.1. The first-order chi connectivity index (χ1) is 12.8. The number of halogens is 1. The number of nitrogens with one attached hydrogen (secondary N) is 1. The van der Waals surface area contributed by atoms with Crippen LogP contribution in [0.2, 0.25) is 0 Å². The molecule has 0 saturated carbocycles. The van der Waals surface area contributed by atoms with Gasteiger partial charge in [-0.05, 0) is 74.0 Å². The average molecular weight is 383 g/mol. The van der Waals surface area contributed by atoms with E-state index in [0.29, 0.717) is 22.7 Å². The summed E-state index contributed by atoms with van der Waals surface area (Å²) in [5.74, 6) is 0.367. The van der Waals surface area contributed by atoms with Crippen LogP contribution >= 0.6 is 11.3 Å². The maximum atomic E-state index is 13.2. The summed E-state index contributed by atoms with van der Waals surface area (Å²) in [6.07, 6.45) is 0. The number of rotatable bonds is 5. The minimum absolute atomic E-state index is 0.205. The highest BCUT2D eigenvalue weighted by atomic mass is 32.1. The summed E-state index contributed by atoms with van der Waals surface area (Å²) in [6, 6.07) is 10.3. The molecule has 0 radical (unpaired) electrons. The Morgan fingerprint density at radius 1 is 1.04 bits per heavy atom. The van der Waals surface area contributed by atoms with Crippen molar-refractivity contribution in [3.05, 3.63) is 80.3 Å². The predicted molar refractivity (Wildman–Crippen MR) is 108 cm³/mol. The molecule has 0 atom stereocenters. The number of hydrogen-bond acceptors (Lipinski definition) is 3. The molecule has 0 fully saturated rings. The predicted octanol–water partition coefficient (Wildman–Crippen LogP) is 5.95. The average Bonchev–Trinajstić information content (AvgIpc) is 3.05. The first kappa shape index (κ1) is 19.1. The van der Waals surface area contributed by atoms with Crippen LogP contribution in [0, 0.1) is 33.5 Å². The highest BCUT2D eigenvalue weighted by Gasteiger charge is 2.12. The summed E-state index contributed by atoms with van der Waals surface area (Å²) in [6.45, 7) is 8.30. The van der Waals surface area contributed by atoms with Crippen molar-refractivity contribution in [2.75, 3.05) is 5.32 Å². The van der Waals surface area contributed by atoms with Gasteiger partial charge in [0.25, 0.3) is 5.91 Å². The van der Waals surface area contributed by atoms with Crippen LogP contribution in [-0.4, -0.2) is 5.91 Å². The maximum absolute atomic E-state index is 13.2. The Balaban J connectivity index is 1.67. The van der Waals surface area contributed by atoms with Crippen molar-refractivity contribution in [3.8, 4) is 5.75 Å². The second-order valence-electron chi connectivity index (χ2n) is 6.75. The van der Waals surface area contributed by atoms with Crippen LogP contribution in [0.3, 0.4) is 0 Å². The Hall–Kier alpha value is -2.66. The highest BCUT2D eigenvalue weighted by Crippen LogP contribution is 2.26. The number of anilines is 1. The van der Waals surface area contributed by atoms with Crippen molar-refractivity contribution in [2.24, 2.45) is 0 Å². The summed E-state index contributed by atoms with van der Waals surface area (Å²) in [4.78, 5) is 13.0. The molecule has 1 N–H and O–H groups in total. The SMILES string of the molecule is Cc1cc(C)c(OCc2csc(C(=O)Nc3ccc(F)cc3C)c2)c(C)c1. The van der Waals surface area contributed by atoms with Crippen molar-refractivity contribution in [1.82, 2.24) is 0 Å². The fourth-order valence-corrected chi connectivity index (χ4v) is 3.86. The van der Waals surface area contributed by atoms with Crippen molar-refractivity contribution in [2.45, 2.75) is 34.3 Å². The van der Waals surface area contributed by atoms with E-state index in [1.54, 1.807) is 13.0 Å². The fraction of sp³-hybridized carbons (Fsp3) is 0.227. The van der Waals surface area contributed by atoms with E-state index in [9.17, 15) is 9.18 Å². The molecule has 0 spiro atoms. The largest absolute Gasteiger partial charge is 0.488 e. The number of aryl methyl sites for hydroxylation is 4. The molecule has 27 heavy (non-hydrogen) atoms. The standard InChI is InChI=1S/C22H22FNO2S/c1-13-7-15(3)21(16(4)8-13)26-11-17-10-20(27-12-17)22(25)24-19-6-5-18(23)9-14(19)2/h5-10,12H,11H2,1-4H3,(H,24,25). The van der Waals surface area contributed by atoms with Gasteiger partial charge in [-0.3, -0.25) is 4.79 Å². The van der Waals surface area contributed by atoms with Gasteiger partial charge in [-0.2, -0.15) is 0 Å². The molecule has 3 rings (SSSR count). The molecule has 2 aromatic carbocycles. The number of carbonyl (C=O) groups excluding carboxylic acids is 1. The Labute approximate surface area is 162 Å². The van der Waals surface area contributed by atoms with Crippen molar-refractivity contribution in [3.63, 3.8) is 0 Å². The van der Waals surface area contributed by atoms with Gasteiger partial charge in [0.2, 0.25) is 0 Å². The van der Waals surface area contributed by atoms with Crippen molar-refractivity contribution < 1.29 is 13.9 Å². The summed E-state index contributed by atoms with van der Waals surface area (Å²) in [7, 11) is 0. The molecule has 3 nitrogen and oxygen atoms in total. The molecule has 140 valence electrons. The van der Waals surface area contributed by atoms with Crippen molar-refractivity contribution in [1.29, 1.82) is 0 Å². The Morgan fingerprint density at radius 2 is 1.74 bits per heavy atom. The molecule has 1 heterocycles. The number of ether oxygens (including phenoxy) is 1. The molecule has 1 aromatic heterocycles. The fourth-order valence-electron chi connectivity index (χ4n) is 3.07. The van der Waals surface area contributed by atoms with Crippen LogP contribution in [0.4, 0.5) is 10.1 Å². The van der Waals surface area contributed by atoms with Crippen LogP contribution < -0.4 is 10.1 Å². The van der Waals surface area contributed by atoms with Gasteiger partial charge >= 0.3 is 0 Å². The molecular formula is C22H22FNO2S. The monoisotopic (exact) mass is 383 g/mol. The lowest BCUT2D eigenvalue weighted by Crippen LogP contribution is -2.11. The third kappa shape index (κ3) is 4.55. The molecule has 0 aliphatic rings. The lowest BCUT2D eigenvalue weighted by Gasteiger charge is -2.12. The summed E-state index contributed by atoms with van der Waals surface area (Å²) in [5, 5.41) is 4.75. The zero-order valence-corrected chi connectivity index (χ0v) is 16.7. The summed E-state index contributed by atoms with van der Waals surface area (Å²) >= 11 is 1.37. The number of thiophene rings is 1. The number of amides is 1. The van der Waals surface area contributed by atoms with Gasteiger partial charge < -0.3 is 10.1 Å². The molecule has 5 heteroatoms. The quantitative estimate of drug-likeness (QED) is 0.591. The van der Waals surface area contributed by atoms with E-state index < -0.39 is 0 Å². The third-order valence-corrected chi connectivity index (χ3v) is 5.28. The van der Waals surface area contributed by atoms with Crippen LogP contribution in [0.1, 0.15) is 37.5 Å². The molecule has 0 saturated heterocycles. The van der Waals surface area contributed by atoms with E-state index in [-0.39, 0.29) is 11.7 Å². The molecule has 0 aliphatic heterocycles. The van der Waals surface area contributed by atoms with Gasteiger partial charge in [0.05, 0.1) is 4.88 Å². The van der Waals surface area contributed by atoms with E-state index in [4.69, 9.17) is 4.74 Å². The van der Waals surface area contributed by atoms with Gasteiger partial charge in [-0.15, -0.1) is 11.3 Å². The number of hydrogen-bond donors (Lipinski definition) is 1. The first-order valence-corrected chi connectivity index (χ1v) is 9.57. The van der Waals surface area contributed by atoms with Gasteiger partial charge in [-0.1, -0.05) is 17.7 Å². The Bertz CT molecular complexity index is 971. The van der Waals surface area contributed by atoms with Crippen molar-refractivity contribution >= 4 is 22.9 Å². The molecule has 1 amide bonds. The van der Waals surface area contributed by atoms with E-state index in [2.05, 4.69) is 24.4 Å².